The summed E-state index contributed by atoms with van der Waals surface area (Å²) in [5.41, 5.74) is -3.20. The minimum Gasteiger partial charge on any atom is -0.463 e. The summed E-state index contributed by atoms with van der Waals surface area (Å²) in [6.07, 6.45) is 12.0. The molecule has 0 saturated carbocycles. The number of unbranched alkanes of at least 4 members (excludes halogenated alkanes) is 8. The predicted octanol–water partition coefficient (Wildman–Crippen LogP) is 9.61. The van der Waals surface area contributed by atoms with E-state index >= 15 is 0 Å². The van der Waals surface area contributed by atoms with Crippen molar-refractivity contribution in [3.63, 3.8) is 0 Å². The average Bonchev–Trinajstić information content (AvgIpc) is 3.48. The van der Waals surface area contributed by atoms with Crippen molar-refractivity contribution in [1.82, 2.24) is 0 Å². The second-order valence-electron chi connectivity index (χ2n) is 18.8. The number of carbonyl (C=O) groups is 1. The van der Waals surface area contributed by atoms with E-state index in [2.05, 4.69) is 62.3 Å². The Bertz CT molecular complexity index is 984. The van der Waals surface area contributed by atoms with E-state index < -0.39 is 34.1 Å². The van der Waals surface area contributed by atoms with Crippen LogP contribution >= 0.6 is 0 Å². The molecule has 1 fully saturated rings. The molecule has 6 atom stereocenters. The highest BCUT2D eigenvalue weighted by atomic mass is 16.6. The zero-order chi connectivity index (χ0) is 40.5. The molecule has 1 saturated heterocycles. The van der Waals surface area contributed by atoms with Crippen LogP contribution in [0.15, 0.2) is 0 Å². The maximum Gasteiger partial charge on any atom is 0.306 e. The van der Waals surface area contributed by atoms with Crippen molar-refractivity contribution in [3.8, 4) is 0 Å². The first kappa shape index (κ1) is 50.2. The number of ether oxygens (including phenoxy) is 6. The van der Waals surface area contributed by atoms with E-state index in [1.54, 1.807) is 20.8 Å². The van der Waals surface area contributed by atoms with Gasteiger partial charge in [0.1, 0.15) is 6.10 Å². The molecule has 1 aliphatic heterocycles. The molecule has 0 aliphatic carbocycles. The van der Waals surface area contributed by atoms with E-state index in [1.165, 1.54) is 44.9 Å². The smallest absolute Gasteiger partial charge is 0.306 e. The maximum absolute atomic E-state index is 12.6. The SMILES string of the molecule is CCCCCCCCCCCC(=O)OC(C)CCOC(C)(C)CC(C1OCC(C(C)(C)OCC)C1C(C)(C)OCC(C)O)C(C)(C)OCCC(C)(C)O. The molecule has 0 radical (unpaired) electrons. The Kier molecular flexibility index (Phi) is 22.2. The van der Waals surface area contributed by atoms with Gasteiger partial charge in [0.25, 0.3) is 0 Å². The van der Waals surface area contributed by atoms with Crippen LogP contribution in [0.2, 0.25) is 0 Å². The summed E-state index contributed by atoms with van der Waals surface area (Å²) in [5.74, 6) is -0.334. The van der Waals surface area contributed by atoms with E-state index in [0.717, 1.165) is 12.8 Å². The first-order chi connectivity index (χ1) is 24.5. The fourth-order valence-electron chi connectivity index (χ4n) is 7.88. The van der Waals surface area contributed by atoms with Crippen molar-refractivity contribution in [2.75, 3.05) is 33.0 Å². The van der Waals surface area contributed by atoms with Crippen LogP contribution < -0.4 is 0 Å². The normalized spacial score (nSPS) is 20.8. The highest BCUT2D eigenvalue weighted by Gasteiger charge is 2.57. The van der Waals surface area contributed by atoms with Crippen molar-refractivity contribution in [2.45, 2.75) is 227 Å². The minimum atomic E-state index is -0.850. The summed E-state index contributed by atoms with van der Waals surface area (Å²) in [6.45, 7) is 30.5. The third-order valence-corrected chi connectivity index (χ3v) is 11.2. The number of aliphatic hydroxyl groups is 2. The van der Waals surface area contributed by atoms with Crippen LogP contribution in [-0.2, 0) is 33.2 Å². The monoisotopic (exact) mass is 759 g/mol. The molecular formula is C44H86O9. The summed E-state index contributed by atoms with van der Waals surface area (Å²) in [6, 6.07) is 0. The zero-order valence-electron chi connectivity index (χ0n) is 36.9. The molecule has 53 heavy (non-hydrogen) atoms. The topological polar surface area (TPSA) is 113 Å². The van der Waals surface area contributed by atoms with Crippen LogP contribution in [0.4, 0.5) is 0 Å². The predicted molar refractivity (Wildman–Crippen MR) is 215 cm³/mol. The number of rotatable bonds is 30. The van der Waals surface area contributed by atoms with Gasteiger partial charge in [-0.15, -0.1) is 0 Å². The molecule has 2 N–H and O–H groups in total. The first-order valence-electron chi connectivity index (χ1n) is 21.2. The maximum atomic E-state index is 12.6. The minimum absolute atomic E-state index is 0.0150. The molecule has 9 nitrogen and oxygen atoms in total. The molecule has 0 amide bonds. The second-order valence-corrected chi connectivity index (χ2v) is 18.8. The third kappa shape index (κ3) is 19.8. The van der Waals surface area contributed by atoms with Gasteiger partial charge in [0.15, 0.2) is 0 Å². The summed E-state index contributed by atoms with van der Waals surface area (Å²) in [7, 11) is 0. The molecule has 9 heteroatoms. The Labute approximate surface area is 326 Å². The summed E-state index contributed by atoms with van der Waals surface area (Å²) in [5, 5.41) is 20.7. The van der Waals surface area contributed by atoms with Crippen LogP contribution in [0.25, 0.3) is 0 Å². The molecular weight excluding hydrogens is 672 g/mol. The lowest BCUT2D eigenvalue weighted by atomic mass is 9.65. The van der Waals surface area contributed by atoms with Gasteiger partial charge in [-0.1, -0.05) is 58.3 Å². The van der Waals surface area contributed by atoms with Crippen molar-refractivity contribution in [1.29, 1.82) is 0 Å². The van der Waals surface area contributed by atoms with E-state index in [-0.39, 0.29) is 42.5 Å². The van der Waals surface area contributed by atoms with Crippen LogP contribution in [0.3, 0.4) is 0 Å². The molecule has 316 valence electrons. The van der Waals surface area contributed by atoms with Gasteiger partial charge in [-0.2, -0.15) is 0 Å². The second kappa shape index (κ2) is 23.4. The molecule has 1 heterocycles. The van der Waals surface area contributed by atoms with E-state index in [0.29, 0.717) is 52.1 Å². The standard InChI is InChI=1S/C44H86O9/c1-15-17-18-19-20-21-22-23-24-25-37(46)53-34(4)26-28-50-41(7,8)30-35(42(9,10)51-29-27-40(5,6)47)39-38(44(13,14)52-31-33(3)45)36(32-48-39)43(11,12)49-16-2/h33-36,38-39,45,47H,15-32H2,1-14H3. The summed E-state index contributed by atoms with van der Waals surface area (Å²) < 4.78 is 38.6. The molecule has 0 aromatic rings. The first-order valence-corrected chi connectivity index (χ1v) is 21.2. The van der Waals surface area contributed by atoms with Crippen LogP contribution in [0.5, 0.6) is 0 Å². The summed E-state index contributed by atoms with van der Waals surface area (Å²) in [4.78, 5) is 12.6. The Morgan fingerprint density at radius 3 is 1.91 bits per heavy atom. The molecule has 0 spiro atoms. The molecule has 6 unspecified atom stereocenters. The van der Waals surface area contributed by atoms with E-state index in [4.69, 9.17) is 28.4 Å². The van der Waals surface area contributed by atoms with Gasteiger partial charge in [-0.3, -0.25) is 4.79 Å². The van der Waals surface area contributed by atoms with Crippen molar-refractivity contribution < 1.29 is 43.4 Å². The largest absolute Gasteiger partial charge is 0.463 e. The van der Waals surface area contributed by atoms with Crippen molar-refractivity contribution >= 4 is 5.97 Å². The Hall–Kier alpha value is -0.810. The lowest BCUT2D eigenvalue weighted by Crippen LogP contribution is -2.55. The number of aliphatic hydroxyl groups excluding tert-OH is 1. The Morgan fingerprint density at radius 2 is 1.36 bits per heavy atom. The van der Waals surface area contributed by atoms with Crippen molar-refractivity contribution in [3.05, 3.63) is 0 Å². The van der Waals surface area contributed by atoms with Crippen LogP contribution in [0, 0.1) is 17.8 Å². The zero-order valence-corrected chi connectivity index (χ0v) is 36.9. The highest BCUT2D eigenvalue weighted by Crippen LogP contribution is 2.50. The van der Waals surface area contributed by atoms with Crippen LogP contribution in [-0.4, -0.2) is 95.5 Å². The number of carbonyl (C=O) groups excluding carboxylic acids is 1. The Balaban J connectivity index is 3.07. The quantitative estimate of drug-likeness (QED) is 0.0546. The van der Waals surface area contributed by atoms with Crippen LogP contribution in [0.1, 0.15) is 180 Å². The van der Waals surface area contributed by atoms with Gasteiger partial charge >= 0.3 is 5.97 Å². The molecule has 1 aliphatic rings. The number of hydrogen-bond acceptors (Lipinski definition) is 9. The van der Waals surface area contributed by atoms with Gasteiger partial charge in [-0.25, -0.2) is 0 Å². The van der Waals surface area contributed by atoms with E-state index in [1.807, 2.05) is 13.8 Å². The number of hydrogen-bond donors (Lipinski definition) is 2. The van der Waals surface area contributed by atoms with Crippen molar-refractivity contribution in [2.24, 2.45) is 17.8 Å². The molecule has 1 rings (SSSR count). The van der Waals surface area contributed by atoms with Gasteiger partial charge in [-0.05, 0) is 109 Å². The average molecular weight is 759 g/mol. The van der Waals surface area contributed by atoms with Gasteiger partial charge in [0.2, 0.25) is 0 Å². The molecule has 0 bridgehead atoms. The van der Waals surface area contributed by atoms with Gasteiger partial charge in [0.05, 0.1) is 66.6 Å². The highest BCUT2D eigenvalue weighted by molar-refractivity contribution is 5.69. The lowest BCUT2D eigenvalue weighted by molar-refractivity contribution is -0.175. The summed E-state index contributed by atoms with van der Waals surface area (Å²) >= 11 is 0. The van der Waals surface area contributed by atoms with Gasteiger partial charge in [0, 0.05) is 37.2 Å². The third-order valence-electron chi connectivity index (χ3n) is 11.2. The Morgan fingerprint density at radius 1 is 0.774 bits per heavy atom. The lowest BCUT2D eigenvalue weighted by Gasteiger charge is -2.48. The van der Waals surface area contributed by atoms with E-state index in [9.17, 15) is 15.0 Å². The number of esters is 1. The molecule has 0 aromatic heterocycles. The van der Waals surface area contributed by atoms with Gasteiger partial charge < -0.3 is 38.6 Å². The fraction of sp³-hybridized carbons (Fsp3) is 0.977. The fourth-order valence-corrected chi connectivity index (χ4v) is 7.88. The molecule has 0 aromatic carbocycles.